The lowest BCUT2D eigenvalue weighted by Crippen LogP contribution is -2.28. The Bertz CT molecular complexity index is 202. The van der Waals surface area contributed by atoms with Crippen molar-refractivity contribution in [1.82, 2.24) is 0 Å². The molecule has 0 spiro atoms. The van der Waals surface area contributed by atoms with Crippen LogP contribution in [0.3, 0.4) is 0 Å². The first-order valence-electron chi connectivity index (χ1n) is 5.04. The van der Waals surface area contributed by atoms with E-state index in [2.05, 4.69) is 13.8 Å². The van der Waals surface area contributed by atoms with E-state index in [1.54, 1.807) is 0 Å². The van der Waals surface area contributed by atoms with Gasteiger partial charge in [-0.25, -0.2) is 0 Å². The molecule has 0 saturated carbocycles. The maximum atomic E-state index is 5.77. The lowest BCUT2D eigenvalue weighted by molar-refractivity contribution is -0.209. The van der Waals surface area contributed by atoms with Crippen molar-refractivity contribution in [3.05, 3.63) is 0 Å². The van der Waals surface area contributed by atoms with Gasteiger partial charge in [-0.05, 0) is 20.3 Å². The summed E-state index contributed by atoms with van der Waals surface area (Å²) in [5, 5.41) is 0. The van der Waals surface area contributed by atoms with Crippen LogP contribution in [0.15, 0.2) is 0 Å². The monoisotopic (exact) mass is 186 g/mol. The Hall–Kier alpha value is -0.120. The Morgan fingerprint density at radius 1 is 1.23 bits per heavy atom. The van der Waals surface area contributed by atoms with Gasteiger partial charge >= 0.3 is 0 Å². The quantitative estimate of drug-likeness (QED) is 0.626. The van der Waals surface area contributed by atoms with Crippen LogP contribution >= 0.6 is 0 Å². The average molecular weight is 186 g/mol. The second-order valence-corrected chi connectivity index (χ2v) is 4.41. The van der Waals surface area contributed by atoms with Gasteiger partial charge in [-0.3, -0.25) is 0 Å². The number of rotatable bonds is 1. The molecule has 3 heteroatoms. The summed E-state index contributed by atoms with van der Waals surface area (Å²) in [6, 6.07) is 0. The van der Waals surface area contributed by atoms with Crippen LogP contribution in [0.4, 0.5) is 0 Å². The van der Waals surface area contributed by atoms with E-state index < -0.39 is 5.79 Å². The van der Waals surface area contributed by atoms with Crippen molar-refractivity contribution in [3.8, 4) is 0 Å². The molecule has 0 aromatic carbocycles. The molecule has 0 aromatic heterocycles. The molecule has 0 N–H and O–H groups in total. The SMILES string of the molecule is CC[C@H]1O[C@H]2OC(C)(C)O[C@H]2[C@@H]1C. The molecule has 2 aliphatic rings. The first-order chi connectivity index (χ1) is 6.03. The summed E-state index contributed by atoms with van der Waals surface area (Å²) < 4.78 is 17.1. The molecule has 0 aliphatic carbocycles. The fraction of sp³-hybridized carbons (Fsp3) is 1.00. The summed E-state index contributed by atoms with van der Waals surface area (Å²) in [6.45, 7) is 8.17. The van der Waals surface area contributed by atoms with Crippen LogP contribution in [0.5, 0.6) is 0 Å². The van der Waals surface area contributed by atoms with Crippen LogP contribution < -0.4 is 0 Å². The summed E-state index contributed by atoms with van der Waals surface area (Å²) in [5.41, 5.74) is 0. The smallest absolute Gasteiger partial charge is 0.187 e. The highest BCUT2D eigenvalue weighted by Gasteiger charge is 2.52. The van der Waals surface area contributed by atoms with E-state index in [1.807, 2.05) is 13.8 Å². The third kappa shape index (κ3) is 1.49. The average Bonchev–Trinajstić information content (AvgIpc) is 2.47. The highest BCUT2D eigenvalue weighted by Crippen LogP contribution is 2.41. The Balaban J connectivity index is 2.07. The molecule has 0 amide bonds. The Kier molecular flexibility index (Phi) is 2.13. The van der Waals surface area contributed by atoms with Crippen molar-refractivity contribution in [2.24, 2.45) is 5.92 Å². The van der Waals surface area contributed by atoms with Crippen molar-refractivity contribution >= 4 is 0 Å². The fourth-order valence-electron chi connectivity index (χ4n) is 2.19. The second kappa shape index (κ2) is 2.94. The fourth-order valence-corrected chi connectivity index (χ4v) is 2.19. The van der Waals surface area contributed by atoms with Crippen molar-refractivity contribution in [1.29, 1.82) is 0 Å². The first-order valence-corrected chi connectivity index (χ1v) is 5.04. The maximum absolute atomic E-state index is 5.77. The van der Waals surface area contributed by atoms with Gasteiger partial charge in [0.1, 0.15) is 6.10 Å². The number of hydrogen-bond donors (Lipinski definition) is 0. The second-order valence-electron chi connectivity index (χ2n) is 4.41. The minimum absolute atomic E-state index is 0.125. The molecule has 0 unspecified atom stereocenters. The van der Waals surface area contributed by atoms with Crippen LogP contribution in [-0.2, 0) is 14.2 Å². The Morgan fingerprint density at radius 3 is 2.46 bits per heavy atom. The van der Waals surface area contributed by atoms with E-state index in [4.69, 9.17) is 14.2 Å². The van der Waals surface area contributed by atoms with Crippen molar-refractivity contribution < 1.29 is 14.2 Å². The molecule has 2 heterocycles. The topological polar surface area (TPSA) is 27.7 Å². The zero-order chi connectivity index (χ0) is 9.64. The largest absolute Gasteiger partial charge is 0.346 e. The maximum Gasteiger partial charge on any atom is 0.187 e. The minimum atomic E-state index is -0.470. The van der Waals surface area contributed by atoms with Crippen molar-refractivity contribution in [2.45, 2.75) is 58.4 Å². The van der Waals surface area contributed by atoms with Gasteiger partial charge in [0.2, 0.25) is 0 Å². The predicted octanol–water partition coefficient (Wildman–Crippen LogP) is 1.91. The number of fused-ring (bicyclic) bond motifs is 1. The van der Waals surface area contributed by atoms with Crippen LogP contribution in [0.25, 0.3) is 0 Å². The van der Waals surface area contributed by atoms with Gasteiger partial charge in [0.15, 0.2) is 12.1 Å². The van der Waals surface area contributed by atoms with Gasteiger partial charge in [-0.2, -0.15) is 0 Å². The van der Waals surface area contributed by atoms with Gasteiger partial charge in [-0.1, -0.05) is 13.8 Å². The van der Waals surface area contributed by atoms with Crippen LogP contribution in [0.2, 0.25) is 0 Å². The Morgan fingerprint density at radius 2 is 1.92 bits per heavy atom. The summed E-state index contributed by atoms with van der Waals surface area (Å²) >= 11 is 0. The molecule has 13 heavy (non-hydrogen) atoms. The third-order valence-electron chi connectivity index (χ3n) is 2.90. The summed E-state index contributed by atoms with van der Waals surface area (Å²) in [5.74, 6) is -0.0285. The van der Waals surface area contributed by atoms with Gasteiger partial charge in [0.25, 0.3) is 0 Å². The molecule has 3 nitrogen and oxygen atoms in total. The molecular formula is C10H18O3. The van der Waals surface area contributed by atoms with E-state index in [0.717, 1.165) is 6.42 Å². The standard InChI is InChI=1S/C10H18O3/c1-5-7-6(2)8-9(11-7)13-10(3,4)12-8/h6-9H,5H2,1-4H3/t6-,7-,8+,9+/m1/s1. The molecule has 0 bridgehead atoms. The van der Waals surface area contributed by atoms with Gasteiger partial charge in [0, 0.05) is 5.92 Å². The summed E-state index contributed by atoms with van der Waals surface area (Å²) in [7, 11) is 0. The lowest BCUT2D eigenvalue weighted by atomic mass is 9.99. The first kappa shape index (κ1) is 9.44. The van der Waals surface area contributed by atoms with Crippen molar-refractivity contribution in [2.75, 3.05) is 0 Å². The molecule has 76 valence electrons. The van der Waals surface area contributed by atoms with Crippen LogP contribution in [0.1, 0.15) is 34.1 Å². The Labute approximate surface area is 79.4 Å². The predicted molar refractivity (Wildman–Crippen MR) is 48.2 cm³/mol. The van der Waals surface area contributed by atoms with Crippen LogP contribution in [-0.4, -0.2) is 24.3 Å². The molecular weight excluding hydrogens is 168 g/mol. The zero-order valence-corrected chi connectivity index (χ0v) is 8.74. The molecule has 2 saturated heterocycles. The summed E-state index contributed by atoms with van der Waals surface area (Å²) in [4.78, 5) is 0. The van der Waals surface area contributed by atoms with Gasteiger partial charge < -0.3 is 14.2 Å². The highest BCUT2D eigenvalue weighted by molar-refractivity contribution is 4.89. The van der Waals surface area contributed by atoms with E-state index in [0.29, 0.717) is 12.0 Å². The zero-order valence-electron chi connectivity index (χ0n) is 8.74. The highest BCUT2D eigenvalue weighted by atomic mass is 16.8. The third-order valence-corrected chi connectivity index (χ3v) is 2.90. The van der Waals surface area contributed by atoms with E-state index in [9.17, 15) is 0 Å². The molecule has 2 rings (SSSR count). The van der Waals surface area contributed by atoms with E-state index in [1.165, 1.54) is 0 Å². The molecule has 0 radical (unpaired) electrons. The minimum Gasteiger partial charge on any atom is -0.346 e. The lowest BCUT2D eigenvalue weighted by Gasteiger charge is -2.22. The van der Waals surface area contributed by atoms with Crippen molar-refractivity contribution in [3.63, 3.8) is 0 Å². The van der Waals surface area contributed by atoms with E-state index >= 15 is 0 Å². The number of ether oxygens (including phenoxy) is 3. The van der Waals surface area contributed by atoms with Crippen LogP contribution in [0, 0.1) is 5.92 Å². The van der Waals surface area contributed by atoms with Gasteiger partial charge in [-0.15, -0.1) is 0 Å². The molecule has 4 atom stereocenters. The van der Waals surface area contributed by atoms with E-state index in [-0.39, 0.29) is 12.4 Å². The normalized spacial score (nSPS) is 48.0. The molecule has 0 aromatic rings. The van der Waals surface area contributed by atoms with Gasteiger partial charge in [0.05, 0.1) is 6.10 Å². The summed E-state index contributed by atoms with van der Waals surface area (Å²) in [6.07, 6.45) is 1.31. The molecule has 2 fully saturated rings. The molecule has 2 aliphatic heterocycles. The number of hydrogen-bond acceptors (Lipinski definition) is 3.